The van der Waals surface area contributed by atoms with E-state index in [0.717, 1.165) is 15.2 Å². The molecule has 22 heavy (non-hydrogen) atoms. The van der Waals surface area contributed by atoms with Crippen LogP contribution in [0.25, 0.3) is 10.2 Å². The number of urea groups is 1. The number of carbonyl (C=O) groups excluding carboxylic acids is 1. The highest BCUT2D eigenvalue weighted by atomic mass is 32.1. The Balaban J connectivity index is 1.93. The molecule has 2 aromatic rings. The fourth-order valence-electron chi connectivity index (χ4n) is 1.88. The Morgan fingerprint density at radius 3 is 2.82 bits per heavy atom. The van der Waals surface area contributed by atoms with E-state index in [1.807, 2.05) is 18.2 Å². The summed E-state index contributed by atoms with van der Waals surface area (Å²) in [5.74, 6) is -0.481. The highest BCUT2D eigenvalue weighted by Gasteiger charge is 2.09. The molecule has 3 N–H and O–H groups in total. The van der Waals surface area contributed by atoms with E-state index in [1.54, 1.807) is 11.3 Å². The number of anilines is 1. The highest BCUT2D eigenvalue weighted by Crippen LogP contribution is 2.29. The zero-order chi connectivity index (χ0) is 16.1. The van der Waals surface area contributed by atoms with Gasteiger partial charge in [0.2, 0.25) is 0 Å². The Labute approximate surface area is 132 Å². The van der Waals surface area contributed by atoms with Crippen molar-refractivity contribution in [3.63, 3.8) is 0 Å². The Hall–Kier alpha value is -2.15. The fourth-order valence-corrected chi connectivity index (χ4v) is 2.89. The van der Waals surface area contributed by atoms with Crippen LogP contribution in [0.15, 0.2) is 18.2 Å². The Kier molecular flexibility index (Phi) is 5.32. The minimum atomic E-state index is -0.862. The van der Waals surface area contributed by atoms with Crippen LogP contribution in [-0.4, -0.2) is 28.6 Å². The summed E-state index contributed by atoms with van der Waals surface area (Å²) < 4.78 is 1.03. The first-order valence-electron chi connectivity index (χ1n) is 7.13. The molecule has 0 aliphatic rings. The standard InChI is InChI=1S/C15H19N3O3S/c1-9(2)14-18-11-6-5-10(8-12(11)22-14)17-15(21)16-7-3-4-13(19)20/h5-6,8-9H,3-4,7H2,1-2H3,(H,19,20)(H2,16,17,21). The molecule has 0 aliphatic heterocycles. The molecule has 1 aromatic carbocycles. The van der Waals surface area contributed by atoms with E-state index >= 15 is 0 Å². The lowest BCUT2D eigenvalue weighted by atomic mass is 10.2. The SMILES string of the molecule is CC(C)c1nc2ccc(NC(=O)NCCCC(=O)O)cc2s1. The maximum absolute atomic E-state index is 11.7. The molecule has 0 spiro atoms. The van der Waals surface area contributed by atoms with E-state index in [9.17, 15) is 9.59 Å². The fraction of sp³-hybridized carbons (Fsp3) is 0.400. The van der Waals surface area contributed by atoms with E-state index in [4.69, 9.17) is 5.11 Å². The van der Waals surface area contributed by atoms with Crippen LogP contribution < -0.4 is 10.6 Å². The molecule has 2 rings (SSSR count). The average molecular weight is 321 g/mol. The van der Waals surface area contributed by atoms with Gasteiger partial charge in [0, 0.05) is 24.6 Å². The second-order valence-electron chi connectivity index (χ2n) is 5.27. The Bertz CT molecular complexity index is 682. The number of aliphatic carboxylic acids is 1. The van der Waals surface area contributed by atoms with Crippen molar-refractivity contribution < 1.29 is 14.7 Å². The van der Waals surface area contributed by atoms with E-state index < -0.39 is 5.97 Å². The van der Waals surface area contributed by atoms with Crippen molar-refractivity contribution in [3.8, 4) is 0 Å². The molecule has 6 nitrogen and oxygen atoms in total. The van der Waals surface area contributed by atoms with Gasteiger partial charge in [-0.2, -0.15) is 0 Å². The van der Waals surface area contributed by atoms with Gasteiger partial charge in [-0.05, 0) is 24.6 Å². The number of hydrogen-bond acceptors (Lipinski definition) is 4. The predicted molar refractivity (Wildman–Crippen MR) is 87.6 cm³/mol. The van der Waals surface area contributed by atoms with Crippen LogP contribution in [0.1, 0.15) is 37.6 Å². The Morgan fingerprint density at radius 2 is 2.14 bits per heavy atom. The summed E-state index contributed by atoms with van der Waals surface area (Å²) in [7, 11) is 0. The van der Waals surface area contributed by atoms with Crippen molar-refractivity contribution in [2.24, 2.45) is 0 Å². The van der Waals surface area contributed by atoms with Crippen LogP contribution in [0.4, 0.5) is 10.5 Å². The first-order chi connectivity index (χ1) is 10.5. The van der Waals surface area contributed by atoms with E-state index in [-0.39, 0.29) is 12.5 Å². The number of carboxylic acid groups (broad SMARTS) is 1. The molecule has 0 aliphatic carbocycles. The van der Waals surface area contributed by atoms with Crippen molar-refractivity contribution >= 4 is 39.2 Å². The second-order valence-corrected chi connectivity index (χ2v) is 6.33. The van der Waals surface area contributed by atoms with Gasteiger partial charge in [0.1, 0.15) is 0 Å². The number of benzene rings is 1. The summed E-state index contributed by atoms with van der Waals surface area (Å²) in [5.41, 5.74) is 1.63. The molecule has 118 valence electrons. The zero-order valence-corrected chi connectivity index (χ0v) is 13.4. The smallest absolute Gasteiger partial charge is 0.319 e. The number of aromatic nitrogens is 1. The van der Waals surface area contributed by atoms with Gasteiger partial charge < -0.3 is 15.7 Å². The molecule has 0 unspecified atom stereocenters. The molecule has 0 fully saturated rings. The number of thiazole rings is 1. The number of carboxylic acids is 1. The van der Waals surface area contributed by atoms with Gasteiger partial charge >= 0.3 is 12.0 Å². The molecule has 0 saturated heterocycles. The van der Waals surface area contributed by atoms with Crippen LogP contribution in [0.3, 0.4) is 0 Å². The third kappa shape index (κ3) is 4.42. The Morgan fingerprint density at radius 1 is 1.36 bits per heavy atom. The van der Waals surface area contributed by atoms with E-state index in [2.05, 4.69) is 29.5 Å². The zero-order valence-electron chi connectivity index (χ0n) is 12.5. The van der Waals surface area contributed by atoms with Gasteiger partial charge in [-0.15, -0.1) is 11.3 Å². The van der Waals surface area contributed by atoms with Crippen molar-refractivity contribution in [1.82, 2.24) is 10.3 Å². The third-order valence-corrected chi connectivity index (χ3v) is 4.33. The number of fused-ring (bicyclic) bond motifs is 1. The van der Waals surface area contributed by atoms with Gasteiger partial charge in [-0.3, -0.25) is 4.79 Å². The number of nitrogens with zero attached hydrogens (tertiary/aromatic N) is 1. The van der Waals surface area contributed by atoms with Gasteiger partial charge in [0.05, 0.1) is 15.2 Å². The lowest BCUT2D eigenvalue weighted by Gasteiger charge is -2.06. The molecular weight excluding hydrogens is 302 g/mol. The maximum atomic E-state index is 11.7. The summed E-state index contributed by atoms with van der Waals surface area (Å²) in [6, 6.07) is 5.26. The lowest BCUT2D eigenvalue weighted by molar-refractivity contribution is -0.137. The lowest BCUT2D eigenvalue weighted by Crippen LogP contribution is -2.29. The summed E-state index contributed by atoms with van der Waals surface area (Å²) >= 11 is 1.62. The number of nitrogens with one attached hydrogen (secondary N) is 2. The van der Waals surface area contributed by atoms with Gasteiger partial charge in [0.25, 0.3) is 0 Å². The van der Waals surface area contributed by atoms with Crippen molar-refractivity contribution in [3.05, 3.63) is 23.2 Å². The van der Waals surface area contributed by atoms with Gasteiger partial charge in [0.15, 0.2) is 0 Å². The summed E-state index contributed by atoms with van der Waals surface area (Å²) in [6.07, 6.45) is 0.458. The molecule has 1 aromatic heterocycles. The van der Waals surface area contributed by atoms with Crippen LogP contribution in [0, 0.1) is 0 Å². The van der Waals surface area contributed by atoms with Crippen LogP contribution in [0.5, 0.6) is 0 Å². The van der Waals surface area contributed by atoms with Crippen molar-refractivity contribution in [1.29, 1.82) is 0 Å². The monoisotopic (exact) mass is 321 g/mol. The van der Waals surface area contributed by atoms with E-state index in [0.29, 0.717) is 24.6 Å². The predicted octanol–water partition coefficient (Wildman–Crippen LogP) is 3.41. The molecule has 0 bridgehead atoms. The molecule has 2 amide bonds. The van der Waals surface area contributed by atoms with Gasteiger partial charge in [-0.25, -0.2) is 9.78 Å². The first-order valence-corrected chi connectivity index (χ1v) is 7.94. The number of rotatable bonds is 6. The normalized spacial score (nSPS) is 10.9. The average Bonchev–Trinajstić information content (AvgIpc) is 2.87. The summed E-state index contributed by atoms with van der Waals surface area (Å²) in [6.45, 7) is 4.53. The van der Waals surface area contributed by atoms with Crippen LogP contribution in [0.2, 0.25) is 0 Å². The molecular formula is C15H19N3O3S. The van der Waals surface area contributed by atoms with Crippen molar-refractivity contribution in [2.75, 3.05) is 11.9 Å². The third-order valence-electron chi connectivity index (χ3n) is 3.01. The minimum absolute atomic E-state index is 0.0467. The minimum Gasteiger partial charge on any atom is -0.481 e. The maximum Gasteiger partial charge on any atom is 0.319 e. The highest BCUT2D eigenvalue weighted by molar-refractivity contribution is 7.18. The first kappa shape index (κ1) is 16.2. The van der Waals surface area contributed by atoms with Crippen molar-refractivity contribution in [2.45, 2.75) is 32.6 Å². The molecule has 7 heteroatoms. The largest absolute Gasteiger partial charge is 0.481 e. The van der Waals surface area contributed by atoms with E-state index in [1.165, 1.54) is 0 Å². The quantitative estimate of drug-likeness (QED) is 0.711. The number of amides is 2. The molecule has 0 atom stereocenters. The number of hydrogen-bond donors (Lipinski definition) is 3. The van der Waals surface area contributed by atoms with Crippen LogP contribution >= 0.6 is 11.3 Å². The second kappa shape index (κ2) is 7.22. The topological polar surface area (TPSA) is 91.3 Å². The van der Waals surface area contributed by atoms with Crippen LogP contribution in [-0.2, 0) is 4.79 Å². The molecule has 0 saturated carbocycles. The van der Waals surface area contributed by atoms with Gasteiger partial charge in [-0.1, -0.05) is 13.8 Å². The molecule has 1 heterocycles. The molecule has 0 radical (unpaired) electrons. The number of carbonyl (C=O) groups is 2. The summed E-state index contributed by atoms with van der Waals surface area (Å²) in [4.78, 5) is 26.6. The summed E-state index contributed by atoms with van der Waals surface area (Å²) in [5, 5.41) is 15.0.